The monoisotopic (exact) mass is 440 g/mol. The van der Waals surface area contributed by atoms with E-state index < -0.39 is 80.6 Å². The molecule has 7 N–H and O–H groups in total. The molecule has 0 radical (unpaired) electrons. The van der Waals surface area contributed by atoms with E-state index in [1.54, 1.807) is 0 Å². The van der Waals surface area contributed by atoms with Gasteiger partial charge in [0.05, 0.1) is 13.2 Å². The molecule has 2 fully saturated rings. The molecule has 12 nitrogen and oxygen atoms in total. The molecule has 0 saturated carbocycles. The first-order chi connectivity index (χ1) is 14.2. The van der Waals surface area contributed by atoms with Gasteiger partial charge in [-0.3, -0.25) is 4.79 Å². The van der Waals surface area contributed by atoms with Crippen LogP contribution in [0.4, 0.5) is 0 Å². The van der Waals surface area contributed by atoms with Crippen LogP contribution in [0.1, 0.15) is 32.6 Å². The summed E-state index contributed by atoms with van der Waals surface area (Å²) in [5.41, 5.74) is 0. The Labute approximate surface area is 173 Å². The molecule has 0 unspecified atom stereocenters. The predicted molar refractivity (Wildman–Crippen MR) is 96.7 cm³/mol. The normalized spacial score (nSPS) is 41.7. The average Bonchev–Trinajstić information content (AvgIpc) is 3.00. The highest BCUT2D eigenvalue weighted by Crippen LogP contribution is 2.38. The molecular formula is C18H32O12. The molecule has 0 amide bonds. The summed E-state index contributed by atoms with van der Waals surface area (Å²) in [6.07, 6.45) is -10.4. The van der Waals surface area contributed by atoms with Gasteiger partial charge in [0, 0.05) is 6.42 Å². The van der Waals surface area contributed by atoms with Gasteiger partial charge in [-0.25, -0.2) is 0 Å². The number of aliphatic hydroxyl groups is 7. The first-order valence-electron chi connectivity index (χ1n) is 10.00. The summed E-state index contributed by atoms with van der Waals surface area (Å²) in [5, 5.41) is 69.2. The largest absolute Gasteiger partial charge is 0.454 e. The lowest BCUT2D eigenvalue weighted by atomic mass is 9.99. The average molecular weight is 440 g/mol. The van der Waals surface area contributed by atoms with Gasteiger partial charge in [0.15, 0.2) is 12.4 Å². The van der Waals surface area contributed by atoms with Crippen molar-refractivity contribution in [1.29, 1.82) is 0 Å². The molecule has 30 heavy (non-hydrogen) atoms. The molecule has 2 aliphatic heterocycles. The first kappa shape index (κ1) is 25.3. The van der Waals surface area contributed by atoms with Crippen molar-refractivity contribution < 1.29 is 59.5 Å². The molecule has 0 aliphatic carbocycles. The van der Waals surface area contributed by atoms with Crippen molar-refractivity contribution in [2.24, 2.45) is 0 Å². The Kier molecular flexibility index (Phi) is 9.36. The Balaban J connectivity index is 2.21. The van der Waals surface area contributed by atoms with E-state index in [1.165, 1.54) is 0 Å². The number of rotatable bonds is 10. The van der Waals surface area contributed by atoms with Gasteiger partial charge in [0.2, 0.25) is 5.79 Å². The lowest BCUT2D eigenvalue weighted by molar-refractivity contribution is -0.383. The zero-order valence-corrected chi connectivity index (χ0v) is 16.7. The van der Waals surface area contributed by atoms with Crippen LogP contribution in [0.25, 0.3) is 0 Å². The third kappa shape index (κ3) is 5.27. The van der Waals surface area contributed by atoms with Crippen molar-refractivity contribution >= 4 is 5.97 Å². The van der Waals surface area contributed by atoms with Crippen LogP contribution in [-0.2, 0) is 23.7 Å². The van der Waals surface area contributed by atoms with Gasteiger partial charge in [0.1, 0.15) is 43.2 Å². The second-order valence-electron chi connectivity index (χ2n) is 7.48. The summed E-state index contributed by atoms with van der Waals surface area (Å²) in [6, 6.07) is 0. The Hall–Kier alpha value is -0.930. The molecule has 176 valence electrons. The number of carbonyl (C=O) groups is 1. The highest BCUT2D eigenvalue weighted by molar-refractivity contribution is 5.69. The second kappa shape index (κ2) is 11.1. The number of esters is 1. The predicted octanol–water partition coefficient (Wildman–Crippen LogP) is -3.26. The number of unbranched alkanes of at least 4 members (excludes halogenated alkanes) is 2. The van der Waals surface area contributed by atoms with Crippen LogP contribution in [0.15, 0.2) is 0 Å². The topological polar surface area (TPSA) is 196 Å². The van der Waals surface area contributed by atoms with Crippen LogP contribution in [0, 0.1) is 0 Å². The molecule has 2 saturated heterocycles. The number of aliphatic hydroxyl groups excluding tert-OH is 7. The zero-order valence-electron chi connectivity index (χ0n) is 16.7. The first-order valence-corrected chi connectivity index (χ1v) is 10.00. The van der Waals surface area contributed by atoms with Gasteiger partial charge in [0.25, 0.3) is 0 Å². The summed E-state index contributed by atoms with van der Waals surface area (Å²) < 4.78 is 21.5. The van der Waals surface area contributed by atoms with E-state index in [-0.39, 0.29) is 6.42 Å². The van der Waals surface area contributed by atoms with Crippen LogP contribution < -0.4 is 0 Å². The van der Waals surface area contributed by atoms with E-state index in [2.05, 4.69) is 0 Å². The van der Waals surface area contributed by atoms with Gasteiger partial charge >= 0.3 is 5.97 Å². The highest BCUT2D eigenvalue weighted by Gasteiger charge is 2.60. The van der Waals surface area contributed by atoms with Crippen molar-refractivity contribution in [2.75, 3.05) is 19.8 Å². The zero-order chi connectivity index (χ0) is 22.5. The SMILES string of the molecule is CCCCCC(=O)O[C@H]1[C@H](O)[C@@H](CO)O[C@@]1(CO)O[C@H]1O[C@H](CO)[C@@H](O)[C@H](O)[C@H]1O. The lowest BCUT2D eigenvalue weighted by Crippen LogP contribution is -2.63. The molecule has 2 aliphatic rings. The second-order valence-corrected chi connectivity index (χ2v) is 7.48. The fourth-order valence-electron chi connectivity index (χ4n) is 3.49. The fourth-order valence-corrected chi connectivity index (χ4v) is 3.49. The quantitative estimate of drug-likeness (QED) is 0.132. The third-order valence-electron chi connectivity index (χ3n) is 5.28. The molecule has 0 aromatic heterocycles. The van der Waals surface area contributed by atoms with E-state index in [9.17, 15) is 40.5 Å². The molecule has 2 rings (SSSR count). The van der Waals surface area contributed by atoms with Crippen LogP contribution in [-0.4, -0.2) is 116 Å². The fraction of sp³-hybridized carbons (Fsp3) is 0.944. The Morgan fingerprint density at radius 1 is 0.933 bits per heavy atom. The number of hydrogen-bond donors (Lipinski definition) is 7. The van der Waals surface area contributed by atoms with Crippen LogP contribution >= 0.6 is 0 Å². The minimum Gasteiger partial charge on any atom is -0.454 e. The molecule has 0 aromatic rings. The molecule has 0 aromatic carbocycles. The van der Waals surface area contributed by atoms with Crippen LogP contribution in [0.2, 0.25) is 0 Å². The van der Waals surface area contributed by atoms with Crippen molar-refractivity contribution in [2.45, 2.75) is 87.4 Å². The number of hydrogen-bond acceptors (Lipinski definition) is 12. The summed E-state index contributed by atoms with van der Waals surface area (Å²) in [4.78, 5) is 12.2. The van der Waals surface area contributed by atoms with E-state index in [0.717, 1.165) is 12.8 Å². The minimum absolute atomic E-state index is 0.0441. The molecule has 12 heteroatoms. The standard InChI is InChI=1S/C18H32O12/c1-2-3-4-5-11(22)28-16-13(24)10(7-20)29-18(16,8-21)30-17-15(26)14(25)12(23)9(6-19)27-17/h9-10,12-17,19-21,23-26H,2-8H2,1H3/t9-,10-,12-,13-,14+,15-,16+,17-,18+/m1/s1. The van der Waals surface area contributed by atoms with E-state index in [4.69, 9.17) is 18.9 Å². The van der Waals surface area contributed by atoms with Crippen molar-refractivity contribution in [1.82, 2.24) is 0 Å². The van der Waals surface area contributed by atoms with Crippen molar-refractivity contribution in [3.05, 3.63) is 0 Å². The molecule has 0 bridgehead atoms. The van der Waals surface area contributed by atoms with Gasteiger partial charge < -0.3 is 54.7 Å². The molecular weight excluding hydrogens is 408 g/mol. The van der Waals surface area contributed by atoms with Gasteiger partial charge in [-0.1, -0.05) is 19.8 Å². The maximum Gasteiger partial charge on any atom is 0.306 e. The Morgan fingerprint density at radius 3 is 2.17 bits per heavy atom. The minimum atomic E-state index is -2.24. The summed E-state index contributed by atoms with van der Waals surface area (Å²) in [7, 11) is 0. The van der Waals surface area contributed by atoms with Crippen LogP contribution in [0.3, 0.4) is 0 Å². The maximum absolute atomic E-state index is 12.2. The van der Waals surface area contributed by atoms with Crippen LogP contribution in [0.5, 0.6) is 0 Å². The van der Waals surface area contributed by atoms with E-state index in [1.807, 2.05) is 6.92 Å². The van der Waals surface area contributed by atoms with Crippen molar-refractivity contribution in [3.8, 4) is 0 Å². The van der Waals surface area contributed by atoms with Crippen molar-refractivity contribution in [3.63, 3.8) is 0 Å². The van der Waals surface area contributed by atoms with E-state index in [0.29, 0.717) is 6.42 Å². The molecule has 0 spiro atoms. The summed E-state index contributed by atoms with van der Waals surface area (Å²) >= 11 is 0. The number of carbonyl (C=O) groups excluding carboxylic acids is 1. The Morgan fingerprint density at radius 2 is 1.60 bits per heavy atom. The molecule has 2 heterocycles. The number of ether oxygens (including phenoxy) is 4. The summed E-state index contributed by atoms with van der Waals surface area (Å²) in [6.45, 7) is -0.417. The lowest BCUT2D eigenvalue weighted by Gasteiger charge is -2.43. The third-order valence-corrected chi connectivity index (χ3v) is 5.28. The van der Waals surface area contributed by atoms with Gasteiger partial charge in [-0.05, 0) is 6.42 Å². The van der Waals surface area contributed by atoms with E-state index >= 15 is 0 Å². The summed E-state index contributed by atoms with van der Waals surface area (Å²) in [5.74, 6) is -2.93. The molecule has 9 atom stereocenters. The smallest absolute Gasteiger partial charge is 0.306 e. The van der Waals surface area contributed by atoms with Gasteiger partial charge in [-0.15, -0.1) is 0 Å². The maximum atomic E-state index is 12.2. The Bertz CT molecular complexity index is 545. The highest BCUT2D eigenvalue weighted by atomic mass is 16.8. The van der Waals surface area contributed by atoms with Gasteiger partial charge in [-0.2, -0.15) is 0 Å².